The molecule has 3 aromatic heterocycles. The van der Waals surface area contributed by atoms with Gasteiger partial charge in [0.2, 0.25) is 0 Å². The zero-order chi connectivity index (χ0) is 27.0. The molecule has 37 heavy (non-hydrogen) atoms. The van der Waals surface area contributed by atoms with Gasteiger partial charge in [0, 0.05) is 34.9 Å². The summed E-state index contributed by atoms with van der Waals surface area (Å²) in [5.74, 6) is -1.41. The molecule has 3 aromatic rings. The molecule has 1 aliphatic rings. The molecule has 1 aliphatic carbocycles. The molecule has 16 heteroatoms. The topological polar surface area (TPSA) is 149 Å². The van der Waals surface area contributed by atoms with Crippen molar-refractivity contribution >= 4 is 33.2 Å². The van der Waals surface area contributed by atoms with Crippen molar-refractivity contribution in [2.24, 2.45) is 11.1 Å². The third kappa shape index (κ3) is 6.51. The number of alkyl halides is 4. The summed E-state index contributed by atoms with van der Waals surface area (Å²) < 4.78 is 81.3. The third-order valence-electron chi connectivity index (χ3n) is 5.77. The van der Waals surface area contributed by atoms with E-state index in [2.05, 4.69) is 19.5 Å². The van der Waals surface area contributed by atoms with Crippen LogP contribution in [0, 0.1) is 5.92 Å². The van der Waals surface area contributed by atoms with E-state index in [1.165, 1.54) is 30.7 Å². The molecular formula is C21H21F4N5O5S2. The molecule has 0 unspecified atom stereocenters. The minimum atomic E-state index is -4.43. The average molecular weight is 564 g/mol. The average Bonchev–Trinajstić information content (AvgIpc) is 3.54. The van der Waals surface area contributed by atoms with Crippen LogP contribution in [0.3, 0.4) is 0 Å². The number of hydrogen-bond donors (Lipinski definition) is 3. The molecule has 0 amide bonds. The zero-order valence-electron chi connectivity index (χ0n) is 18.8. The zero-order valence-corrected chi connectivity index (χ0v) is 20.4. The van der Waals surface area contributed by atoms with Crippen LogP contribution in [0.5, 0.6) is 0 Å². The van der Waals surface area contributed by atoms with Crippen LogP contribution in [0.4, 0.5) is 23.4 Å². The number of halogens is 4. The number of thiophene rings is 1. The lowest BCUT2D eigenvalue weighted by atomic mass is 10.1. The number of aliphatic hydroxyl groups excluding tert-OH is 1. The van der Waals surface area contributed by atoms with Crippen molar-refractivity contribution in [2.75, 3.05) is 11.9 Å². The minimum absolute atomic E-state index is 0.00153. The van der Waals surface area contributed by atoms with Crippen LogP contribution >= 0.6 is 11.3 Å². The molecule has 0 radical (unpaired) electrons. The second-order valence-electron chi connectivity index (χ2n) is 8.41. The highest BCUT2D eigenvalue weighted by molar-refractivity contribution is 7.84. The maximum Gasteiger partial charge on any atom is 0.425 e. The van der Waals surface area contributed by atoms with Crippen LogP contribution in [0.15, 0.2) is 43.1 Å². The van der Waals surface area contributed by atoms with Gasteiger partial charge in [0.25, 0.3) is 0 Å². The molecule has 1 fully saturated rings. The van der Waals surface area contributed by atoms with Crippen molar-refractivity contribution < 1.29 is 40.1 Å². The second-order valence-corrected chi connectivity index (χ2v) is 10.8. The van der Waals surface area contributed by atoms with Gasteiger partial charge in [-0.15, -0.1) is 11.3 Å². The van der Waals surface area contributed by atoms with Crippen LogP contribution in [0.1, 0.15) is 32.1 Å². The Morgan fingerprint density at radius 3 is 2.76 bits per heavy atom. The van der Waals surface area contributed by atoms with Gasteiger partial charge in [-0.2, -0.15) is 21.6 Å². The standard InChI is InChI=1S/C21H21F4N5O5S2/c22-17-15(5-12(19(17)32)9-35-37(26,33)34)29-20-14(6-27-10-28-20)18(31)11-3-4-30(7-11)8-13-1-2-16(36-13)21(23,24)25/h1-4,6-7,10,12,15,17,19,32H,5,8-9H2,(H2,26,33,34)(H,27,28,29)/t12-,15-,17-,19-/m1/s1. The van der Waals surface area contributed by atoms with Gasteiger partial charge in [-0.3, -0.25) is 8.98 Å². The number of rotatable bonds is 9. The summed E-state index contributed by atoms with van der Waals surface area (Å²) in [4.78, 5) is 20.7. The van der Waals surface area contributed by atoms with Crippen LogP contribution in [0.2, 0.25) is 0 Å². The molecular weight excluding hydrogens is 542 g/mol. The number of ketones is 1. The number of aromatic nitrogens is 3. The van der Waals surface area contributed by atoms with Crippen molar-refractivity contribution in [3.63, 3.8) is 0 Å². The first-order valence-corrected chi connectivity index (χ1v) is 13.0. The van der Waals surface area contributed by atoms with Gasteiger partial charge in [-0.25, -0.2) is 19.5 Å². The Labute approximate surface area is 212 Å². The molecule has 4 atom stereocenters. The second kappa shape index (κ2) is 10.4. The van der Waals surface area contributed by atoms with E-state index in [-0.39, 0.29) is 29.9 Å². The Morgan fingerprint density at radius 1 is 1.32 bits per heavy atom. The van der Waals surface area contributed by atoms with E-state index in [9.17, 15) is 35.9 Å². The monoisotopic (exact) mass is 563 g/mol. The number of carbonyl (C=O) groups is 1. The Morgan fingerprint density at radius 2 is 2.08 bits per heavy atom. The first-order valence-electron chi connectivity index (χ1n) is 10.7. The minimum Gasteiger partial charge on any atom is -0.390 e. The summed E-state index contributed by atoms with van der Waals surface area (Å²) in [5.41, 5.74) is 0.204. The number of aliphatic hydroxyl groups is 1. The van der Waals surface area contributed by atoms with Crippen molar-refractivity contribution in [2.45, 2.75) is 37.5 Å². The highest BCUT2D eigenvalue weighted by Gasteiger charge is 2.44. The van der Waals surface area contributed by atoms with Gasteiger partial charge in [-0.1, -0.05) is 0 Å². The maximum absolute atomic E-state index is 14.7. The molecule has 0 bridgehead atoms. The van der Waals surface area contributed by atoms with E-state index in [0.29, 0.717) is 16.2 Å². The fourth-order valence-corrected chi connectivity index (χ4v) is 5.24. The molecule has 200 valence electrons. The lowest BCUT2D eigenvalue weighted by Gasteiger charge is -2.18. The SMILES string of the molecule is NS(=O)(=O)OC[C@H]1C[C@@H](Nc2ncncc2C(=O)c2ccn(Cc3ccc(C(F)(F)F)s3)c2)[C@@H](F)[C@@H]1O. The predicted octanol–water partition coefficient (Wildman–Crippen LogP) is 2.36. The molecule has 0 aliphatic heterocycles. The van der Waals surface area contributed by atoms with Crippen molar-refractivity contribution in [3.8, 4) is 0 Å². The lowest BCUT2D eigenvalue weighted by molar-refractivity contribution is -0.134. The fraction of sp³-hybridized carbons (Fsp3) is 0.381. The number of carbonyl (C=O) groups excluding carboxylic acids is 1. The largest absolute Gasteiger partial charge is 0.425 e. The summed E-state index contributed by atoms with van der Waals surface area (Å²) >= 11 is 0.608. The normalized spacial score (nSPS) is 22.3. The summed E-state index contributed by atoms with van der Waals surface area (Å²) in [6.45, 7) is -0.397. The molecule has 1 saturated carbocycles. The smallest absolute Gasteiger partial charge is 0.390 e. The first kappa shape index (κ1) is 27.1. The van der Waals surface area contributed by atoms with Crippen LogP contribution < -0.4 is 10.5 Å². The molecule has 0 aromatic carbocycles. The van der Waals surface area contributed by atoms with E-state index >= 15 is 0 Å². The lowest BCUT2D eigenvalue weighted by Crippen LogP contribution is -2.33. The van der Waals surface area contributed by atoms with Crippen molar-refractivity contribution in [1.82, 2.24) is 14.5 Å². The van der Waals surface area contributed by atoms with Gasteiger partial charge < -0.3 is 15.0 Å². The van der Waals surface area contributed by atoms with E-state index < -0.39 is 58.0 Å². The van der Waals surface area contributed by atoms with Crippen LogP contribution in [0.25, 0.3) is 0 Å². The maximum atomic E-state index is 14.7. The Kier molecular flexibility index (Phi) is 7.66. The predicted molar refractivity (Wildman–Crippen MR) is 124 cm³/mol. The van der Waals surface area contributed by atoms with E-state index in [0.717, 1.165) is 12.4 Å². The Balaban J connectivity index is 1.46. The number of nitrogens with zero attached hydrogens (tertiary/aromatic N) is 3. The Hall–Kier alpha value is -2.92. The van der Waals surface area contributed by atoms with Crippen molar-refractivity contribution in [1.29, 1.82) is 0 Å². The van der Waals surface area contributed by atoms with E-state index in [1.54, 1.807) is 4.57 Å². The molecule has 0 saturated heterocycles. The first-order chi connectivity index (χ1) is 17.3. The van der Waals surface area contributed by atoms with Crippen LogP contribution in [-0.4, -0.2) is 58.8 Å². The van der Waals surface area contributed by atoms with E-state index in [4.69, 9.17) is 5.14 Å². The van der Waals surface area contributed by atoms with Crippen LogP contribution in [-0.2, 0) is 27.2 Å². The van der Waals surface area contributed by atoms with Gasteiger partial charge in [0.05, 0.1) is 30.9 Å². The van der Waals surface area contributed by atoms with Gasteiger partial charge in [0.15, 0.2) is 5.78 Å². The quantitative estimate of drug-likeness (QED) is 0.265. The molecule has 0 spiro atoms. The molecule has 3 heterocycles. The number of nitrogens with two attached hydrogens (primary N) is 1. The third-order valence-corrected chi connectivity index (χ3v) is 7.35. The fourth-order valence-electron chi connectivity index (χ4n) is 3.99. The number of nitrogens with one attached hydrogen (secondary N) is 1. The Bertz CT molecular complexity index is 1380. The van der Waals surface area contributed by atoms with Gasteiger partial charge in [0.1, 0.15) is 23.2 Å². The number of hydrogen-bond acceptors (Lipinski definition) is 9. The van der Waals surface area contributed by atoms with E-state index in [1.807, 2.05) is 0 Å². The summed E-state index contributed by atoms with van der Waals surface area (Å²) in [7, 11) is -4.27. The summed E-state index contributed by atoms with van der Waals surface area (Å²) in [6.07, 6.45) is -2.45. The summed E-state index contributed by atoms with van der Waals surface area (Å²) in [6, 6.07) is 2.83. The molecule has 4 N–H and O–H groups in total. The molecule has 10 nitrogen and oxygen atoms in total. The highest BCUT2D eigenvalue weighted by atomic mass is 32.2. The number of anilines is 1. The molecule has 4 rings (SSSR count). The van der Waals surface area contributed by atoms with Gasteiger partial charge in [-0.05, 0) is 24.6 Å². The highest BCUT2D eigenvalue weighted by Crippen LogP contribution is 2.35. The summed E-state index contributed by atoms with van der Waals surface area (Å²) in [5, 5.41) is 17.7. The van der Waals surface area contributed by atoms with Crippen molar-refractivity contribution in [3.05, 3.63) is 64.0 Å². The van der Waals surface area contributed by atoms with Gasteiger partial charge >= 0.3 is 16.5 Å².